The van der Waals surface area contributed by atoms with Crippen LogP contribution in [0, 0.1) is 23.2 Å². The van der Waals surface area contributed by atoms with Crippen LogP contribution in [0.1, 0.15) is 105 Å². The Morgan fingerprint density at radius 2 is 1.14 bits per heavy atom. The maximum atomic E-state index is 11.4. The summed E-state index contributed by atoms with van der Waals surface area (Å²) in [5, 5.41) is 40.7. The van der Waals surface area contributed by atoms with Crippen LogP contribution in [0.25, 0.3) is 0 Å². The number of hydrogen-bond acceptors (Lipinski definition) is 10. The lowest BCUT2D eigenvalue weighted by atomic mass is 9.71. The minimum Gasteiger partial charge on any atom is -0.480 e. The normalized spacial score (nSPS) is 26.3. The molecular formula is C33H57N3O13. The minimum absolute atomic E-state index is 0.0625. The van der Waals surface area contributed by atoms with Gasteiger partial charge in [-0.25, -0.2) is 19.2 Å². The molecule has 49 heavy (non-hydrogen) atoms. The maximum Gasteiger partial charge on any atom is 0.408 e. The average Bonchev–Trinajstić information content (AvgIpc) is 2.99. The second kappa shape index (κ2) is 22.0. The van der Waals surface area contributed by atoms with Crippen molar-refractivity contribution in [3.63, 3.8) is 0 Å². The Bertz CT molecular complexity index is 1090. The van der Waals surface area contributed by atoms with Crippen LogP contribution in [0.5, 0.6) is 0 Å². The van der Waals surface area contributed by atoms with Gasteiger partial charge in [0, 0.05) is 0 Å². The molecule has 3 rings (SSSR count). The van der Waals surface area contributed by atoms with E-state index < -0.39 is 55.4 Å². The van der Waals surface area contributed by atoms with E-state index in [-0.39, 0.29) is 30.3 Å². The lowest BCUT2D eigenvalue weighted by Gasteiger charge is -2.38. The van der Waals surface area contributed by atoms with Crippen molar-refractivity contribution in [1.82, 2.24) is 16.0 Å². The number of aliphatic carboxylic acids is 3. The monoisotopic (exact) mass is 703 g/mol. The van der Waals surface area contributed by atoms with E-state index in [1.807, 2.05) is 13.8 Å². The largest absolute Gasteiger partial charge is 0.480 e. The lowest BCUT2D eigenvalue weighted by molar-refractivity contribution is -0.140. The number of carbonyl (C=O) groups is 6. The van der Waals surface area contributed by atoms with Gasteiger partial charge in [0.1, 0.15) is 31.4 Å². The summed E-state index contributed by atoms with van der Waals surface area (Å²) < 4.78 is 15.5. The van der Waals surface area contributed by atoms with Crippen molar-refractivity contribution in [2.45, 2.75) is 130 Å². The van der Waals surface area contributed by atoms with Crippen LogP contribution >= 0.6 is 0 Å². The molecule has 3 amide bonds. The highest BCUT2D eigenvalue weighted by atomic mass is 16.6. The summed E-state index contributed by atoms with van der Waals surface area (Å²) in [6.07, 6.45) is 8.62. The van der Waals surface area contributed by atoms with Crippen LogP contribution in [-0.2, 0) is 28.6 Å². The van der Waals surface area contributed by atoms with Gasteiger partial charge in [-0.1, -0.05) is 47.5 Å². The molecule has 7 atom stereocenters. The van der Waals surface area contributed by atoms with Gasteiger partial charge in [0.15, 0.2) is 6.04 Å². The number of carboxylic acid groups (broad SMARTS) is 3. The number of ether oxygens (including phenoxy) is 3. The molecule has 3 saturated carbocycles. The predicted molar refractivity (Wildman–Crippen MR) is 176 cm³/mol. The first-order chi connectivity index (χ1) is 22.9. The zero-order chi connectivity index (χ0) is 37.1. The number of carbonyl (C=O) groups excluding carboxylic acids is 3. The highest BCUT2D eigenvalue weighted by molar-refractivity contribution is 5.80. The fourth-order valence-electron chi connectivity index (χ4n) is 6.43. The van der Waals surface area contributed by atoms with E-state index in [2.05, 4.69) is 36.7 Å². The molecule has 282 valence electrons. The number of carboxylic acids is 3. The molecule has 0 heterocycles. The Morgan fingerprint density at radius 1 is 0.694 bits per heavy atom. The van der Waals surface area contributed by atoms with Gasteiger partial charge in [-0.3, -0.25) is 9.59 Å². The third kappa shape index (κ3) is 19.1. The molecular weight excluding hydrogens is 646 g/mol. The summed E-state index contributed by atoms with van der Waals surface area (Å²) in [6.45, 7) is 9.09. The van der Waals surface area contributed by atoms with Crippen LogP contribution < -0.4 is 16.0 Å². The molecule has 0 aliphatic heterocycles. The molecule has 16 heteroatoms. The van der Waals surface area contributed by atoms with Crippen molar-refractivity contribution in [3.8, 4) is 0 Å². The van der Waals surface area contributed by atoms with Crippen LogP contribution in [0.4, 0.5) is 14.4 Å². The quantitative estimate of drug-likeness (QED) is 0.158. The summed E-state index contributed by atoms with van der Waals surface area (Å²) in [6, 6.07) is -1.30. The Labute approximate surface area is 288 Å². The first-order valence-corrected chi connectivity index (χ1v) is 17.1. The minimum atomic E-state index is -1.30. The molecule has 3 aliphatic rings. The Hall–Kier alpha value is -3.82. The van der Waals surface area contributed by atoms with E-state index in [0.29, 0.717) is 17.8 Å². The van der Waals surface area contributed by atoms with Crippen molar-refractivity contribution in [2.75, 3.05) is 19.7 Å². The number of rotatable bonds is 10. The average molecular weight is 704 g/mol. The van der Waals surface area contributed by atoms with Gasteiger partial charge in [-0.15, -0.1) is 0 Å². The van der Waals surface area contributed by atoms with Crippen molar-refractivity contribution >= 4 is 36.2 Å². The number of aliphatic hydroxyl groups excluding tert-OH is 1. The molecule has 16 nitrogen and oxygen atoms in total. The van der Waals surface area contributed by atoms with E-state index in [1.165, 1.54) is 6.42 Å². The number of nitrogens with one attached hydrogen (secondary N) is 3. The summed E-state index contributed by atoms with van der Waals surface area (Å²) in [5.74, 6) is -2.22. The predicted octanol–water partition coefficient (Wildman–Crippen LogP) is 4.12. The van der Waals surface area contributed by atoms with Crippen LogP contribution in [0.2, 0.25) is 0 Å². The SMILES string of the molecule is CC1CC(OC(=O)NCC(=O)O)CC(C)(C)C1.CC1CCCCC1OC(=O)NC(CO)C(=O)O.CC1CCCCC1OC(=O)NCC(=O)O. The van der Waals surface area contributed by atoms with E-state index in [4.69, 9.17) is 34.6 Å². The van der Waals surface area contributed by atoms with Gasteiger partial charge >= 0.3 is 36.2 Å². The topological polar surface area (TPSA) is 247 Å². The van der Waals surface area contributed by atoms with E-state index >= 15 is 0 Å². The van der Waals surface area contributed by atoms with Gasteiger partial charge in [-0.05, 0) is 81.0 Å². The van der Waals surface area contributed by atoms with Gasteiger partial charge < -0.3 is 50.6 Å². The number of amides is 3. The van der Waals surface area contributed by atoms with Crippen molar-refractivity contribution in [1.29, 1.82) is 0 Å². The zero-order valence-electron chi connectivity index (χ0n) is 29.4. The smallest absolute Gasteiger partial charge is 0.408 e. The molecule has 3 aliphatic carbocycles. The summed E-state index contributed by atoms with van der Waals surface area (Å²) >= 11 is 0. The number of hydrogen-bond donors (Lipinski definition) is 7. The molecule has 0 aromatic rings. The van der Waals surface area contributed by atoms with Crippen molar-refractivity contribution in [3.05, 3.63) is 0 Å². The standard InChI is InChI=1S/C12H21NO4.C11H19NO5.C10H17NO4/c1-8-4-9(6-12(2,3)5-8)17-11(16)13-7-10(14)15;1-7-4-2-3-5-9(7)17-11(16)12-8(6-13)10(14)15;1-7-4-2-3-5-8(7)15-10(14)11-6-9(12)13/h8-9H,4-7H2,1-3H3,(H,13,16)(H,14,15);7-9,13H,2-6H2,1H3,(H,12,16)(H,14,15);7-8H,2-6H2,1H3,(H,11,14)(H,12,13). The van der Waals surface area contributed by atoms with Gasteiger partial charge in [0.05, 0.1) is 6.61 Å². The molecule has 0 saturated heterocycles. The van der Waals surface area contributed by atoms with E-state index in [0.717, 1.165) is 64.2 Å². The molecule has 7 unspecified atom stereocenters. The Morgan fingerprint density at radius 3 is 1.55 bits per heavy atom. The van der Waals surface area contributed by atoms with Crippen LogP contribution in [-0.4, -0.2) is 101 Å². The van der Waals surface area contributed by atoms with Gasteiger partial charge in [0.2, 0.25) is 0 Å². The second-order valence-corrected chi connectivity index (χ2v) is 14.1. The highest BCUT2D eigenvalue weighted by Gasteiger charge is 2.34. The molecule has 0 aromatic carbocycles. The summed E-state index contributed by atoms with van der Waals surface area (Å²) in [4.78, 5) is 65.0. The molecule has 0 radical (unpaired) electrons. The van der Waals surface area contributed by atoms with E-state index in [1.54, 1.807) is 0 Å². The summed E-state index contributed by atoms with van der Waals surface area (Å²) in [5.41, 5.74) is 0.176. The fourth-order valence-corrected chi connectivity index (χ4v) is 6.43. The highest BCUT2D eigenvalue weighted by Crippen LogP contribution is 2.39. The molecule has 0 bridgehead atoms. The molecule has 0 spiro atoms. The molecule has 0 aromatic heterocycles. The zero-order valence-corrected chi connectivity index (χ0v) is 29.4. The third-order valence-electron chi connectivity index (χ3n) is 8.74. The maximum absolute atomic E-state index is 11.4. The van der Waals surface area contributed by atoms with Crippen LogP contribution in [0.3, 0.4) is 0 Å². The second-order valence-electron chi connectivity index (χ2n) is 14.1. The number of alkyl carbamates (subject to hydrolysis) is 3. The van der Waals surface area contributed by atoms with Crippen LogP contribution in [0.15, 0.2) is 0 Å². The third-order valence-corrected chi connectivity index (χ3v) is 8.74. The fraction of sp³-hybridized carbons (Fsp3) is 0.818. The molecule has 7 N–H and O–H groups in total. The van der Waals surface area contributed by atoms with E-state index in [9.17, 15) is 28.8 Å². The van der Waals surface area contributed by atoms with Gasteiger partial charge in [0.25, 0.3) is 0 Å². The first-order valence-electron chi connectivity index (χ1n) is 17.1. The summed E-state index contributed by atoms with van der Waals surface area (Å²) in [7, 11) is 0. The number of aliphatic hydroxyl groups is 1. The lowest BCUT2D eigenvalue weighted by Crippen LogP contribution is -2.45. The Kier molecular flexibility index (Phi) is 19.4. The Balaban J connectivity index is 0.000000368. The molecule has 3 fully saturated rings. The van der Waals surface area contributed by atoms with Gasteiger partial charge in [-0.2, -0.15) is 0 Å². The van der Waals surface area contributed by atoms with Crippen molar-refractivity contribution < 1.29 is 63.4 Å². The first kappa shape index (κ1) is 43.2. The van der Waals surface area contributed by atoms with Crippen molar-refractivity contribution in [2.24, 2.45) is 23.2 Å².